The zero-order valence-corrected chi connectivity index (χ0v) is 23.9. The van der Waals surface area contributed by atoms with Crippen LogP contribution in [-0.2, 0) is 4.79 Å². The first-order valence-electron chi connectivity index (χ1n) is 12.3. The molecule has 0 saturated carbocycles. The highest BCUT2D eigenvalue weighted by molar-refractivity contribution is 9.09. The van der Waals surface area contributed by atoms with Gasteiger partial charge >= 0.3 is 0 Å². The monoisotopic (exact) mass is 526 g/mol. The molecule has 4 nitrogen and oxygen atoms in total. The zero-order valence-electron chi connectivity index (χ0n) is 22.3. The van der Waals surface area contributed by atoms with Gasteiger partial charge in [0.1, 0.15) is 24.0 Å². The molecule has 0 radical (unpaired) electrons. The Balaban J connectivity index is 2.00. The van der Waals surface area contributed by atoms with Gasteiger partial charge < -0.3 is 5.32 Å². The molecule has 2 unspecified atom stereocenters. The Bertz CT molecular complexity index is 1070. The normalized spacial score (nSPS) is 17.1. The van der Waals surface area contributed by atoms with Gasteiger partial charge in [0.2, 0.25) is 12.2 Å². The van der Waals surface area contributed by atoms with E-state index in [1.54, 1.807) is 7.05 Å². The van der Waals surface area contributed by atoms with Crippen LogP contribution < -0.4 is 10.2 Å². The van der Waals surface area contributed by atoms with Gasteiger partial charge in [0.15, 0.2) is 0 Å². The molecule has 184 valence electrons. The Kier molecular flexibility index (Phi) is 7.96. The van der Waals surface area contributed by atoms with Crippen molar-refractivity contribution in [3.8, 4) is 0 Å². The Morgan fingerprint density at radius 3 is 2.03 bits per heavy atom. The molecule has 3 rings (SSSR count). The van der Waals surface area contributed by atoms with E-state index >= 15 is 0 Å². The number of amides is 1. The molecule has 0 aromatic heterocycles. The van der Waals surface area contributed by atoms with Crippen LogP contribution in [0, 0.1) is 47.0 Å². The molecule has 2 aromatic rings. The Morgan fingerprint density at radius 1 is 1.03 bits per heavy atom. The molecule has 0 spiro atoms. The number of halogens is 1. The maximum Gasteiger partial charge on any atom is 0.245 e. The summed E-state index contributed by atoms with van der Waals surface area (Å²) in [6.07, 6.45) is 4.04. The maximum absolute atomic E-state index is 12.4. The number of alkyl halides is 1. The van der Waals surface area contributed by atoms with E-state index < -0.39 is 5.41 Å². The van der Waals surface area contributed by atoms with Crippen molar-refractivity contribution in [2.24, 2.45) is 5.41 Å². The van der Waals surface area contributed by atoms with E-state index in [4.69, 9.17) is 0 Å². The topological polar surface area (TPSA) is 35.4 Å². The fraction of sp³-hybridized carbons (Fsp3) is 0.517. The molecule has 1 aliphatic rings. The second-order valence-corrected chi connectivity index (χ2v) is 12.1. The summed E-state index contributed by atoms with van der Waals surface area (Å²) in [5.41, 5.74) is 9.99. The smallest absolute Gasteiger partial charge is 0.245 e. The number of hydrogen-bond acceptors (Lipinski definition) is 2. The quantitative estimate of drug-likeness (QED) is 0.334. The molecule has 0 fully saturated rings. The van der Waals surface area contributed by atoms with Gasteiger partial charge in [-0.05, 0) is 70.2 Å². The minimum Gasteiger partial charge on any atom is -0.359 e. The van der Waals surface area contributed by atoms with Crippen LogP contribution in [-0.4, -0.2) is 41.3 Å². The van der Waals surface area contributed by atoms with Crippen molar-refractivity contribution in [1.82, 2.24) is 5.32 Å². The fourth-order valence-electron chi connectivity index (χ4n) is 5.75. The first kappa shape index (κ1) is 26.5. The molecule has 2 atom stereocenters. The zero-order chi connectivity index (χ0) is 25.4. The number of carbonyl (C=O) groups excluding carboxylic acids is 1. The third-order valence-electron chi connectivity index (χ3n) is 6.98. The molecular formula is C29H41BrN3O+. The lowest BCUT2D eigenvalue weighted by Crippen LogP contribution is -2.39. The third kappa shape index (κ3) is 5.56. The van der Waals surface area contributed by atoms with Crippen LogP contribution >= 0.6 is 15.9 Å². The van der Waals surface area contributed by atoms with Crippen molar-refractivity contribution >= 4 is 39.6 Å². The van der Waals surface area contributed by atoms with E-state index in [0.29, 0.717) is 6.04 Å². The van der Waals surface area contributed by atoms with Crippen molar-refractivity contribution in [3.63, 3.8) is 0 Å². The standard InChI is InChI=1S/C29H40BrN3O/c1-18-10-20(3)26(21(4)11-18)32-16-25(14-24(30)15-29(7,8)28(34)31-9)33(17-32)27-22(5)12-19(2)13-23(27)6/h10-13,17,24-25H,14-16H2,1-9H3/p+1. The highest BCUT2D eigenvalue weighted by atomic mass is 79.9. The lowest BCUT2D eigenvalue weighted by atomic mass is 9.85. The summed E-state index contributed by atoms with van der Waals surface area (Å²) >= 11 is 3.95. The second kappa shape index (κ2) is 10.2. The number of benzene rings is 2. The summed E-state index contributed by atoms with van der Waals surface area (Å²) in [6.45, 7) is 18.1. The maximum atomic E-state index is 12.4. The SMILES string of the molecule is CNC(=O)C(C)(C)CC(Br)CC1C[N+](c2c(C)cc(C)cc2C)=CN1c1c(C)cc(C)cc1C. The summed E-state index contributed by atoms with van der Waals surface area (Å²) in [4.78, 5) is 15.1. The van der Waals surface area contributed by atoms with Crippen LogP contribution in [0.5, 0.6) is 0 Å². The minimum atomic E-state index is -0.421. The van der Waals surface area contributed by atoms with E-state index in [1.165, 1.54) is 44.8 Å². The first-order chi connectivity index (χ1) is 15.8. The van der Waals surface area contributed by atoms with Crippen LogP contribution in [0.15, 0.2) is 24.3 Å². The summed E-state index contributed by atoms with van der Waals surface area (Å²) in [5.74, 6) is 0.0875. The number of aryl methyl sites for hydroxylation is 6. The lowest BCUT2D eigenvalue weighted by molar-refractivity contribution is -0.429. The van der Waals surface area contributed by atoms with Gasteiger partial charge in [-0.15, -0.1) is 0 Å². The number of nitrogens with one attached hydrogen (secondary N) is 1. The number of carbonyl (C=O) groups is 1. The molecule has 5 heteroatoms. The molecule has 34 heavy (non-hydrogen) atoms. The van der Waals surface area contributed by atoms with E-state index in [2.05, 4.69) is 103 Å². The van der Waals surface area contributed by atoms with Gasteiger partial charge in [-0.25, -0.2) is 9.48 Å². The van der Waals surface area contributed by atoms with E-state index in [-0.39, 0.29) is 10.7 Å². The molecule has 1 N–H and O–H groups in total. The average Bonchev–Trinajstić information content (AvgIpc) is 3.07. The van der Waals surface area contributed by atoms with Crippen LogP contribution in [0.25, 0.3) is 0 Å². The average molecular weight is 528 g/mol. The van der Waals surface area contributed by atoms with Crippen LogP contribution in [0.4, 0.5) is 11.4 Å². The van der Waals surface area contributed by atoms with E-state index in [9.17, 15) is 4.79 Å². The summed E-state index contributed by atoms with van der Waals surface area (Å²) < 4.78 is 2.43. The summed E-state index contributed by atoms with van der Waals surface area (Å²) in [6, 6.07) is 9.40. The van der Waals surface area contributed by atoms with Gasteiger partial charge in [0.05, 0.1) is 0 Å². The van der Waals surface area contributed by atoms with Crippen LogP contribution in [0.1, 0.15) is 60.1 Å². The minimum absolute atomic E-state index is 0.0875. The van der Waals surface area contributed by atoms with Crippen LogP contribution in [0.2, 0.25) is 0 Å². The van der Waals surface area contributed by atoms with Gasteiger partial charge in [0.25, 0.3) is 0 Å². The molecule has 0 aliphatic carbocycles. The van der Waals surface area contributed by atoms with Crippen molar-refractivity contribution in [1.29, 1.82) is 0 Å². The number of rotatable bonds is 7. The number of anilines is 1. The largest absolute Gasteiger partial charge is 0.359 e. The predicted molar refractivity (Wildman–Crippen MR) is 148 cm³/mol. The summed E-state index contributed by atoms with van der Waals surface area (Å²) in [5, 5.41) is 2.82. The predicted octanol–water partition coefficient (Wildman–Crippen LogP) is 6.41. The number of hydrogen-bond donors (Lipinski definition) is 1. The van der Waals surface area contributed by atoms with Crippen LogP contribution in [0.3, 0.4) is 0 Å². The summed E-state index contributed by atoms with van der Waals surface area (Å²) in [7, 11) is 1.72. The molecule has 0 bridgehead atoms. The van der Waals surface area contributed by atoms with E-state index in [1.807, 2.05) is 13.8 Å². The second-order valence-electron chi connectivity index (χ2n) is 10.8. The highest BCUT2D eigenvalue weighted by Gasteiger charge is 2.39. The third-order valence-corrected chi connectivity index (χ3v) is 7.68. The van der Waals surface area contributed by atoms with Crippen molar-refractivity contribution in [2.45, 2.75) is 79.1 Å². The fourth-order valence-corrected chi connectivity index (χ4v) is 6.99. The van der Waals surface area contributed by atoms with Crippen molar-refractivity contribution in [2.75, 3.05) is 18.5 Å². The van der Waals surface area contributed by atoms with Gasteiger partial charge in [0, 0.05) is 23.7 Å². The molecule has 1 heterocycles. The Hall–Kier alpha value is -2.14. The van der Waals surface area contributed by atoms with E-state index in [0.717, 1.165) is 19.4 Å². The lowest BCUT2D eigenvalue weighted by Gasteiger charge is -2.28. The van der Waals surface area contributed by atoms with Gasteiger partial charge in [-0.2, -0.15) is 0 Å². The van der Waals surface area contributed by atoms with Gasteiger partial charge in [-0.1, -0.05) is 65.2 Å². The Labute approximate surface area is 214 Å². The molecule has 0 saturated heterocycles. The molecule has 1 aliphatic heterocycles. The first-order valence-corrected chi connectivity index (χ1v) is 13.2. The van der Waals surface area contributed by atoms with Crippen molar-refractivity contribution < 1.29 is 9.37 Å². The molecule has 2 aromatic carbocycles. The number of nitrogens with zero attached hydrogens (tertiary/aromatic N) is 2. The van der Waals surface area contributed by atoms with Crippen molar-refractivity contribution in [3.05, 3.63) is 57.6 Å². The Morgan fingerprint density at radius 2 is 1.53 bits per heavy atom. The molecule has 1 amide bonds. The van der Waals surface area contributed by atoms with Gasteiger partial charge in [-0.3, -0.25) is 4.79 Å². The highest BCUT2D eigenvalue weighted by Crippen LogP contribution is 2.36. The molecular weight excluding hydrogens is 486 g/mol.